The molecule has 2 N–H and O–H groups in total. The van der Waals surface area contributed by atoms with Gasteiger partial charge in [0.05, 0.1) is 17.3 Å². The maximum Gasteiger partial charge on any atom is 0.137 e. The number of hydrogen-bond acceptors (Lipinski definition) is 4. The van der Waals surface area contributed by atoms with Crippen LogP contribution in [0.1, 0.15) is 29.1 Å². The maximum absolute atomic E-state index is 5.84. The molecule has 0 amide bonds. The monoisotopic (exact) mass is 294 g/mol. The first-order chi connectivity index (χ1) is 8.93. The van der Waals surface area contributed by atoms with Crippen molar-refractivity contribution >= 4 is 34.4 Å². The van der Waals surface area contributed by atoms with Crippen LogP contribution in [-0.2, 0) is 7.05 Å². The predicted molar refractivity (Wildman–Crippen MR) is 85.0 cm³/mol. The van der Waals surface area contributed by atoms with E-state index in [1.807, 2.05) is 25.7 Å². The fraction of sp³-hybridized carbons (Fsp3) is 0.385. The first-order valence-corrected chi connectivity index (χ1v) is 7.32. The van der Waals surface area contributed by atoms with Gasteiger partial charge < -0.3 is 10.6 Å². The van der Waals surface area contributed by atoms with Crippen molar-refractivity contribution in [1.82, 2.24) is 9.78 Å². The molecule has 0 bridgehead atoms. The number of rotatable bonds is 4. The van der Waals surface area contributed by atoms with E-state index in [1.165, 1.54) is 4.88 Å². The molecule has 19 heavy (non-hydrogen) atoms. The van der Waals surface area contributed by atoms with E-state index in [1.54, 1.807) is 11.3 Å². The molecule has 1 unspecified atom stereocenters. The van der Waals surface area contributed by atoms with Crippen LogP contribution in [0, 0.1) is 6.92 Å². The summed E-state index contributed by atoms with van der Waals surface area (Å²) in [5.41, 5.74) is 7.57. The van der Waals surface area contributed by atoms with Gasteiger partial charge in [-0.3, -0.25) is 4.68 Å². The third-order valence-corrected chi connectivity index (χ3v) is 4.56. The number of nitrogens with zero attached hydrogens (tertiary/aromatic N) is 3. The minimum atomic E-state index is 0.253. The van der Waals surface area contributed by atoms with Crippen molar-refractivity contribution in [3.63, 3.8) is 0 Å². The number of aryl methyl sites for hydroxylation is 2. The Hall–Kier alpha value is -1.40. The SMILES string of the molecule is Cc1nn(C)c(N(C)C(C)c2cccs2)c1C(N)=S. The van der Waals surface area contributed by atoms with Crippen molar-refractivity contribution in [3.05, 3.63) is 33.6 Å². The van der Waals surface area contributed by atoms with Gasteiger partial charge in [-0.25, -0.2) is 0 Å². The molecule has 2 aromatic rings. The Labute approximate surface area is 122 Å². The molecule has 0 aliphatic heterocycles. The lowest BCUT2D eigenvalue weighted by Crippen LogP contribution is -2.26. The van der Waals surface area contributed by atoms with Crippen LogP contribution >= 0.6 is 23.6 Å². The maximum atomic E-state index is 5.84. The van der Waals surface area contributed by atoms with Crippen LogP contribution in [0.4, 0.5) is 5.82 Å². The fourth-order valence-corrected chi connectivity index (χ4v) is 3.31. The van der Waals surface area contributed by atoms with Gasteiger partial charge in [0, 0.05) is 19.0 Å². The molecular formula is C13H18N4S2. The van der Waals surface area contributed by atoms with Crippen molar-refractivity contribution in [2.24, 2.45) is 12.8 Å². The van der Waals surface area contributed by atoms with Crippen LogP contribution in [0.5, 0.6) is 0 Å². The molecule has 0 fully saturated rings. The zero-order valence-corrected chi connectivity index (χ0v) is 13.2. The van der Waals surface area contributed by atoms with Crippen LogP contribution in [0.2, 0.25) is 0 Å². The topological polar surface area (TPSA) is 47.1 Å². The highest BCUT2D eigenvalue weighted by Gasteiger charge is 2.23. The Morgan fingerprint density at radius 2 is 2.26 bits per heavy atom. The number of aromatic nitrogens is 2. The number of thiophene rings is 1. The minimum Gasteiger partial charge on any atom is -0.389 e. The van der Waals surface area contributed by atoms with Crippen molar-refractivity contribution in [1.29, 1.82) is 0 Å². The minimum absolute atomic E-state index is 0.253. The Morgan fingerprint density at radius 3 is 2.79 bits per heavy atom. The van der Waals surface area contributed by atoms with Crippen molar-refractivity contribution in [3.8, 4) is 0 Å². The average Bonchev–Trinajstić information content (AvgIpc) is 2.94. The summed E-state index contributed by atoms with van der Waals surface area (Å²) in [5, 5.41) is 6.51. The second kappa shape index (κ2) is 5.30. The van der Waals surface area contributed by atoms with Crippen molar-refractivity contribution in [2.45, 2.75) is 19.9 Å². The average molecular weight is 294 g/mol. The number of nitrogens with two attached hydrogens (primary N) is 1. The normalized spacial score (nSPS) is 12.4. The van der Waals surface area contributed by atoms with Crippen LogP contribution in [-0.4, -0.2) is 21.8 Å². The summed E-state index contributed by atoms with van der Waals surface area (Å²) in [6, 6.07) is 4.45. The first kappa shape index (κ1) is 14.0. The quantitative estimate of drug-likeness (QED) is 0.881. The van der Waals surface area contributed by atoms with Crippen LogP contribution in [0.15, 0.2) is 17.5 Å². The van der Waals surface area contributed by atoms with Gasteiger partial charge in [-0.2, -0.15) is 5.10 Å². The molecule has 0 radical (unpaired) electrons. The third-order valence-electron chi connectivity index (χ3n) is 3.31. The van der Waals surface area contributed by atoms with E-state index in [0.717, 1.165) is 17.1 Å². The molecule has 0 aromatic carbocycles. The van der Waals surface area contributed by atoms with E-state index in [9.17, 15) is 0 Å². The van der Waals surface area contributed by atoms with E-state index in [4.69, 9.17) is 18.0 Å². The van der Waals surface area contributed by atoms with Crippen molar-refractivity contribution in [2.75, 3.05) is 11.9 Å². The lowest BCUT2D eigenvalue weighted by Gasteiger charge is -2.27. The predicted octanol–water partition coefficient (Wildman–Crippen LogP) is 2.62. The first-order valence-electron chi connectivity index (χ1n) is 6.03. The summed E-state index contributed by atoms with van der Waals surface area (Å²) >= 11 is 6.90. The van der Waals surface area contributed by atoms with E-state index in [0.29, 0.717) is 4.99 Å². The van der Waals surface area contributed by atoms with Gasteiger partial charge in [-0.1, -0.05) is 18.3 Å². The van der Waals surface area contributed by atoms with Crippen LogP contribution in [0.25, 0.3) is 0 Å². The highest BCUT2D eigenvalue weighted by Crippen LogP contribution is 2.31. The molecule has 0 aliphatic carbocycles. The smallest absolute Gasteiger partial charge is 0.137 e. The second-order valence-electron chi connectivity index (χ2n) is 4.57. The van der Waals surface area contributed by atoms with Gasteiger partial charge in [0.15, 0.2) is 0 Å². The molecule has 0 saturated heterocycles. The zero-order chi connectivity index (χ0) is 14.2. The summed E-state index contributed by atoms with van der Waals surface area (Å²) in [5.74, 6) is 0.964. The van der Waals surface area contributed by atoms with E-state index in [-0.39, 0.29) is 6.04 Å². The Balaban J connectivity index is 2.44. The van der Waals surface area contributed by atoms with E-state index in [2.05, 4.69) is 34.4 Å². The molecule has 102 valence electrons. The fourth-order valence-electron chi connectivity index (χ4n) is 2.24. The van der Waals surface area contributed by atoms with E-state index < -0.39 is 0 Å². The summed E-state index contributed by atoms with van der Waals surface area (Å²) in [6.07, 6.45) is 0. The second-order valence-corrected chi connectivity index (χ2v) is 5.99. The summed E-state index contributed by atoms with van der Waals surface area (Å²) in [7, 11) is 3.96. The largest absolute Gasteiger partial charge is 0.389 e. The molecule has 0 spiro atoms. The molecule has 2 rings (SSSR count). The summed E-state index contributed by atoms with van der Waals surface area (Å²) in [4.78, 5) is 3.86. The van der Waals surface area contributed by atoms with Gasteiger partial charge in [-0.05, 0) is 25.3 Å². The highest BCUT2D eigenvalue weighted by molar-refractivity contribution is 7.80. The summed E-state index contributed by atoms with van der Waals surface area (Å²) in [6.45, 7) is 4.10. The van der Waals surface area contributed by atoms with Crippen molar-refractivity contribution < 1.29 is 0 Å². The van der Waals surface area contributed by atoms with E-state index >= 15 is 0 Å². The molecule has 4 nitrogen and oxygen atoms in total. The molecule has 0 saturated carbocycles. The van der Waals surface area contributed by atoms with Crippen LogP contribution < -0.4 is 10.6 Å². The molecule has 1 atom stereocenters. The van der Waals surface area contributed by atoms with Crippen LogP contribution in [0.3, 0.4) is 0 Å². The third kappa shape index (κ3) is 2.50. The Morgan fingerprint density at radius 1 is 1.58 bits per heavy atom. The lowest BCUT2D eigenvalue weighted by atomic mass is 10.2. The van der Waals surface area contributed by atoms with Gasteiger partial charge in [-0.15, -0.1) is 11.3 Å². The molecule has 6 heteroatoms. The molecule has 2 heterocycles. The lowest BCUT2D eigenvalue weighted by molar-refractivity contribution is 0.679. The molecule has 2 aromatic heterocycles. The highest BCUT2D eigenvalue weighted by atomic mass is 32.1. The zero-order valence-electron chi connectivity index (χ0n) is 11.5. The van der Waals surface area contributed by atoms with Gasteiger partial charge in [0.1, 0.15) is 10.8 Å². The molecular weight excluding hydrogens is 276 g/mol. The van der Waals surface area contributed by atoms with Gasteiger partial charge >= 0.3 is 0 Å². The van der Waals surface area contributed by atoms with Gasteiger partial charge in [0.2, 0.25) is 0 Å². The molecule has 0 aliphatic rings. The van der Waals surface area contributed by atoms with Gasteiger partial charge in [0.25, 0.3) is 0 Å². The summed E-state index contributed by atoms with van der Waals surface area (Å²) < 4.78 is 1.84. The number of hydrogen-bond donors (Lipinski definition) is 1. The standard InChI is InChI=1S/C13H18N4S2/c1-8-11(12(14)18)13(17(4)15-8)16(3)9(2)10-6-5-7-19-10/h5-7,9H,1-4H3,(H2,14,18). The number of anilines is 1. The Kier molecular flexibility index (Phi) is 3.91. The number of thiocarbonyl (C=S) groups is 1. The Bertz CT molecular complexity index is 586.